The first-order valence-electron chi connectivity index (χ1n) is 9.28. The molecule has 5 rings (SSSR count). The molecule has 27 heavy (non-hydrogen) atoms. The predicted molar refractivity (Wildman–Crippen MR) is 103 cm³/mol. The molecule has 1 unspecified atom stereocenters. The molecular weight excluding hydrogens is 382 g/mol. The number of aromatic nitrogens is 4. The summed E-state index contributed by atoms with van der Waals surface area (Å²) in [6.07, 6.45) is 6.08. The average Bonchev–Trinajstić information content (AvgIpc) is 3.06. The van der Waals surface area contributed by atoms with E-state index in [4.69, 9.17) is 0 Å². The Balaban J connectivity index is 1.37. The van der Waals surface area contributed by atoms with Crippen LogP contribution >= 0.6 is 11.7 Å². The Morgan fingerprint density at radius 3 is 2.89 bits per heavy atom. The van der Waals surface area contributed by atoms with E-state index in [0.717, 1.165) is 30.4 Å². The normalized spacial score (nSPS) is 21.3. The highest BCUT2D eigenvalue weighted by molar-refractivity contribution is 7.89. The van der Waals surface area contributed by atoms with Gasteiger partial charge in [0, 0.05) is 37.4 Å². The lowest BCUT2D eigenvalue weighted by Crippen LogP contribution is -2.29. The van der Waals surface area contributed by atoms with Gasteiger partial charge in [-0.25, -0.2) is 13.4 Å². The van der Waals surface area contributed by atoms with Crippen LogP contribution in [0.1, 0.15) is 36.8 Å². The van der Waals surface area contributed by atoms with Crippen molar-refractivity contribution in [3.63, 3.8) is 0 Å². The Kier molecular flexibility index (Phi) is 4.06. The maximum Gasteiger partial charge on any atom is 0.245 e. The number of sulfonamides is 1. The molecule has 2 aromatic heterocycles. The molecular formula is C18H21N5O2S2. The summed E-state index contributed by atoms with van der Waals surface area (Å²) < 4.78 is 38.7. The molecule has 0 bridgehead atoms. The van der Waals surface area contributed by atoms with Crippen LogP contribution in [0.3, 0.4) is 0 Å². The van der Waals surface area contributed by atoms with Crippen LogP contribution in [0, 0.1) is 12.8 Å². The third-order valence-electron chi connectivity index (χ3n) is 5.56. The lowest BCUT2D eigenvalue weighted by atomic mass is 10.0. The van der Waals surface area contributed by atoms with Crippen molar-refractivity contribution in [2.75, 3.05) is 13.1 Å². The van der Waals surface area contributed by atoms with E-state index in [1.165, 1.54) is 18.5 Å². The molecule has 1 saturated carbocycles. The van der Waals surface area contributed by atoms with Crippen molar-refractivity contribution in [1.82, 2.24) is 22.6 Å². The van der Waals surface area contributed by atoms with E-state index in [0.29, 0.717) is 36.1 Å². The summed E-state index contributed by atoms with van der Waals surface area (Å²) in [5.74, 6) is 1.40. The second-order valence-electron chi connectivity index (χ2n) is 7.53. The van der Waals surface area contributed by atoms with Crippen molar-refractivity contribution in [3.05, 3.63) is 35.9 Å². The SMILES string of the molecule is Cc1cnc(CC2CCN(S(=O)(=O)c3cccc4nsnc34)C2)n1C1CC1. The van der Waals surface area contributed by atoms with E-state index in [1.807, 2.05) is 6.20 Å². The number of aryl methyl sites for hydroxylation is 1. The second-order valence-corrected chi connectivity index (χ2v) is 9.96. The number of fused-ring (bicyclic) bond motifs is 1. The molecule has 0 spiro atoms. The second kappa shape index (κ2) is 6.35. The topological polar surface area (TPSA) is 81.0 Å². The average molecular weight is 404 g/mol. The minimum Gasteiger partial charge on any atom is -0.329 e. The van der Waals surface area contributed by atoms with Gasteiger partial charge in [0.2, 0.25) is 10.0 Å². The van der Waals surface area contributed by atoms with E-state index in [9.17, 15) is 8.42 Å². The van der Waals surface area contributed by atoms with Crippen molar-refractivity contribution >= 4 is 32.8 Å². The van der Waals surface area contributed by atoms with Crippen LogP contribution in [-0.2, 0) is 16.4 Å². The molecule has 142 valence electrons. The molecule has 2 aliphatic rings. The van der Waals surface area contributed by atoms with Gasteiger partial charge in [-0.05, 0) is 44.2 Å². The van der Waals surface area contributed by atoms with Gasteiger partial charge in [0.15, 0.2) is 0 Å². The Bertz CT molecular complexity index is 1100. The van der Waals surface area contributed by atoms with Crippen molar-refractivity contribution in [2.45, 2.75) is 43.5 Å². The van der Waals surface area contributed by atoms with Crippen molar-refractivity contribution in [3.8, 4) is 0 Å². The molecule has 2 fully saturated rings. The zero-order valence-electron chi connectivity index (χ0n) is 15.1. The lowest BCUT2D eigenvalue weighted by Gasteiger charge is -2.17. The largest absolute Gasteiger partial charge is 0.329 e. The van der Waals surface area contributed by atoms with Gasteiger partial charge in [0.05, 0.1) is 11.7 Å². The van der Waals surface area contributed by atoms with Crippen LogP contribution in [0.15, 0.2) is 29.3 Å². The Labute approximate surface area is 162 Å². The van der Waals surface area contributed by atoms with Gasteiger partial charge < -0.3 is 4.57 Å². The summed E-state index contributed by atoms with van der Waals surface area (Å²) in [5, 5.41) is 0. The van der Waals surface area contributed by atoms with E-state index in [2.05, 4.69) is 25.2 Å². The molecule has 1 aromatic carbocycles. The molecule has 1 atom stereocenters. The quantitative estimate of drug-likeness (QED) is 0.654. The van der Waals surface area contributed by atoms with E-state index in [-0.39, 0.29) is 4.90 Å². The third-order valence-corrected chi connectivity index (χ3v) is 8.00. The number of nitrogens with zero attached hydrogens (tertiary/aromatic N) is 5. The fraction of sp³-hybridized carbons (Fsp3) is 0.500. The number of benzene rings is 1. The standard InChI is InChI=1S/C18H21N5O2S2/c1-12-10-19-17(23(12)14-5-6-14)9-13-7-8-22(11-13)27(24,25)16-4-2-3-15-18(16)21-26-20-15/h2-4,10,13-14H,5-9,11H2,1H3. The molecule has 1 aliphatic carbocycles. The Hall–Kier alpha value is -1.84. The van der Waals surface area contributed by atoms with Gasteiger partial charge in [-0.3, -0.25) is 0 Å². The third kappa shape index (κ3) is 2.97. The monoisotopic (exact) mass is 403 g/mol. The summed E-state index contributed by atoms with van der Waals surface area (Å²) in [5.41, 5.74) is 2.32. The van der Waals surface area contributed by atoms with Crippen LogP contribution in [-0.4, -0.2) is 44.1 Å². The maximum atomic E-state index is 13.2. The van der Waals surface area contributed by atoms with E-state index in [1.54, 1.807) is 22.5 Å². The number of imidazole rings is 1. The minimum absolute atomic E-state index is 0.268. The van der Waals surface area contributed by atoms with Crippen LogP contribution < -0.4 is 0 Å². The number of hydrogen-bond donors (Lipinski definition) is 0. The number of hydrogen-bond acceptors (Lipinski definition) is 6. The fourth-order valence-electron chi connectivity index (χ4n) is 4.05. The zero-order chi connectivity index (χ0) is 18.6. The summed E-state index contributed by atoms with van der Waals surface area (Å²) in [6.45, 7) is 3.18. The van der Waals surface area contributed by atoms with Crippen molar-refractivity contribution in [1.29, 1.82) is 0 Å². The minimum atomic E-state index is -3.56. The van der Waals surface area contributed by atoms with Crippen LogP contribution in [0.2, 0.25) is 0 Å². The van der Waals surface area contributed by atoms with Gasteiger partial charge in [0.1, 0.15) is 21.8 Å². The summed E-state index contributed by atoms with van der Waals surface area (Å²) in [6, 6.07) is 5.76. The smallest absolute Gasteiger partial charge is 0.245 e. The first-order chi connectivity index (χ1) is 13.0. The molecule has 0 amide bonds. The molecule has 9 heteroatoms. The Morgan fingerprint density at radius 1 is 1.22 bits per heavy atom. The molecule has 1 aliphatic heterocycles. The molecule has 3 heterocycles. The van der Waals surface area contributed by atoms with E-state index < -0.39 is 10.0 Å². The summed E-state index contributed by atoms with van der Waals surface area (Å²) >= 11 is 1.05. The van der Waals surface area contributed by atoms with Gasteiger partial charge in [-0.2, -0.15) is 13.1 Å². The summed E-state index contributed by atoms with van der Waals surface area (Å²) in [4.78, 5) is 4.87. The highest BCUT2D eigenvalue weighted by atomic mass is 32.2. The highest BCUT2D eigenvalue weighted by Crippen LogP contribution is 2.38. The van der Waals surface area contributed by atoms with Crippen molar-refractivity contribution < 1.29 is 8.42 Å². The van der Waals surface area contributed by atoms with Gasteiger partial charge in [-0.1, -0.05) is 6.07 Å². The molecule has 1 saturated heterocycles. The molecule has 7 nitrogen and oxygen atoms in total. The van der Waals surface area contributed by atoms with Crippen LogP contribution in [0.25, 0.3) is 11.0 Å². The van der Waals surface area contributed by atoms with Crippen molar-refractivity contribution in [2.24, 2.45) is 5.92 Å². The van der Waals surface area contributed by atoms with Gasteiger partial charge >= 0.3 is 0 Å². The highest BCUT2D eigenvalue weighted by Gasteiger charge is 2.35. The lowest BCUT2D eigenvalue weighted by molar-refractivity contribution is 0.450. The first-order valence-corrected chi connectivity index (χ1v) is 11.4. The van der Waals surface area contributed by atoms with E-state index >= 15 is 0 Å². The molecule has 0 N–H and O–H groups in total. The van der Waals surface area contributed by atoms with Gasteiger partial charge in [0.25, 0.3) is 0 Å². The van der Waals surface area contributed by atoms with Gasteiger partial charge in [-0.15, -0.1) is 0 Å². The zero-order valence-corrected chi connectivity index (χ0v) is 16.7. The summed E-state index contributed by atoms with van der Waals surface area (Å²) in [7, 11) is -3.56. The fourth-order valence-corrected chi connectivity index (χ4v) is 6.33. The molecule has 0 radical (unpaired) electrons. The maximum absolute atomic E-state index is 13.2. The first kappa shape index (κ1) is 17.3. The Morgan fingerprint density at radius 2 is 2.07 bits per heavy atom. The molecule has 3 aromatic rings. The van der Waals surface area contributed by atoms with Crippen LogP contribution in [0.4, 0.5) is 0 Å². The van der Waals surface area contributed by atoms with Crippen LogP contribution in [0.5, 0.6) is 0 Å². The number of rotatable bonds is 5. The predicted octanol–water partition coefficient (Wildman–Crippen LogP) is 2.78.